The molecule has 0 radical (unpaired) electrons. The molecule has 2 rings (SSSR count). The highest BCUT2D eigenvalue weighted by Crippen LogP contribution is 2.28. The van der Waals surface area contributed by atoms with Crippen LogP contribution in [0.1, 0.15) is 30.9 Å². The highest BCUT2D eigenvalue weighted by Gasteiger charge is 2.48. The Hall–Kier alpha value is -2.18. The zero-order valence-corrected chi connectivity index (χ0v) is 16.3. The summed E-state index contributed by atoms with van der Waals surface area (Å²) < 4.78 is 76.4. The fourth-order valence-corrected chi connectivity index (χ4v) is 3.39. The van der Waals surface area contributed by atoms with Gasteiger partial charge in [0, 0.05) is 16.0 Å². The number of halogens is 4. The van der Waals surface area contributed by atoms with Gasteiger partial charge in [0.1, 0.15) is 0 Å². The van der Waals surface area contributed by atoms with E-state index in [0.717, 1.165) is 35.6 Å². The van der Waals surface area contributed by atoms with E-state index in [1.807, 2.05) is 24.3 Å². The molecule has 0 N–H and O–H groups in total. The molecule has 3 nitrogen and oxygen atoms in total. The Balaban J connectivity index is 2.09. The van der Waals surface area contributed by atoms with Crippen molar-refractivity contribution in [1.29, 1.82) is 0 Å². The molecule has 0 amide bonds. The van der Waals surface area contributed by atoms with Gasteiger partial charge in [-0.25, -0.2) is 4.39 Å². The van der Waals surface area contributed by atoms with Gasteiger partial charge in [-0.05, 0) is 54.6 Å². The molecule has 0 aliphatic rings. The first-order chi connectivity index (χ1) is 13.1. The summed E-state index contributed by atoms with van der Waals surface area (Å²) in [6, 6.07) is 10.2. The summed E-state index contributed by atoms with van der Waals surface area (Å²) in [7, 11) is -5.93. The number of hydrogen-bond acceptors (Lipinski definition) is 4. The second-order valence-corrected chi connectivity index (χ2v) is 8.31. The first-order valence-corrected chi connectivity index (χ1v) is 10.6. The lowest BCUT2D eigenvalue weighted by Crippen LogP contribution is -2.28. The van der Waals surface area contributed by atoms with Crippen molar-refractivity contribution in [2.75, 3.05) is 5.75 Å². The summed E-state index contributed by atoms with van der Waals surface area (Å²) in [5, 5.41) is 0. The van der Waals surface area contributed by atoms with E-state index in [1.54, 1.807) is 11.8 Å². The van der Waals surface area contributed by atoms with Crippen LogP contribution >= 0.6 is 11.8 Å². The molecule has 2 aromatic rings. The molecule has 150 valence electrons. The van der Waals surface area contributed by atoms with E-state index in [9.17, 15) is 26.0 Å². The number of unbranched alkanes of at least 4 members (excludes halogenated alkanes) is 1. The van der Waals surface area contributed by atoms with Crippen molar-refractivity contribution >= 4 is 21.9 Å². The standard InChI is InChI=1S/C19H16F4O3S2/c1-2-3-12-27-16-9-6-14(7-10-16)4-5-15-8-11-18(17(20)13-15)26-28(24,25)19(21,22)23/h6-11,13H,2-3,12H2,1H3. The average Bonchev–Trinajstić information content (AvgIpc) is 2.62. The van der Waals surface area contributed by atoms with Crippen molar-refractivity contribution < 1.29 is 30.2 Å². The molecule has 0 spiro atoms. The molecular formula is C19H16F4O3S2. The summed E-state index contributed by atoms with van der Waals surface area (Å²) in [6.45, 7) is 2.12. The van der Waals surface area contributed by atoms with Gasteiger partial charge in [0.15, 0.2) is 11.6 Å². The first kappa shape index (κ1) is 22.1. The summed E-state index contributed by atoms with van der Waals surface area (Å²) in [5.41, 5.74) is -4.80. The molecule has 0 aromatic heterocycles. The maximum absolute atomic E-state index is 13.9. The van der Waals surface area contributed by atoms with Crippen LogP contribution in [0, 0.1) is 17.7 Å². The van der Waals surface area contributed by atoms with Gasteiger partial charge in [0.05, 0.1) is 0 Å². The molecule has 0 saturated heterocycles. The van der Waals surface area contributed by atoms with E-state index >= 15 is 0 Å². The Labute approximate surface area is 165 Å². The maximum Gasteiger partial charge on any atom is 0.534 e. The van der Waals surface area contributed by atoms with Gasteiger partial charge >= 0.3 is 15.6 Å². The van der Waals surface area contributed by atoms with Gasteiger partial charge in [-0.15, -0.1) is 11.8 Å². The minimum absolute atomic E-state index is 0.163. The van der Waals surface area contributed by atoms with E-state index in [4.69, 9.17) is 0 Å². The van der Waals surface area contributed by atoms with Gasteiger partial charge < -0.3 is 4.18 Å². The second kappa shape index (κ2) is 9.34. The van der Waals surface area contributed by atoms with Crippen molar-refractivity contribution in [1.82, 2.24) is 0 Å². The fourth-order valence-electron chi connectivity index (χ4n) is 1.92. The largest absolute Gasteiger partial charge is 0.534 e. The lowest BCUT2D eigenvalue weighted by molar-refractivity contribution is -0.0500. The quantitative estimate of drug-likeness (QED) is 0.154. The summed E-state index contributed by atoms with van der Waals surface area (Å²) >= 11 is 1.74. The van der Waals surface area contributed by atoms with Crippen molar-refractivity contribution in [3.8, 4) is 17.6 Å². The van der Waals surface area contributed by atoms with Crippen molar-refractivity contribution in [3.63, 3.8) is 0 Å². The Morgan fingerprint density at radius 3 is 2.21 bits per heavy atom. The van der Waals surface area contributed by atoms with E-state index in [0.29, 0.717) is 5.56 Å². The highest BCUT2D eigenvalue weighted by molar-refractivity contribution is 7.99. The predicted molar refractivity (Wildman–Crippen MR) is 100 cm³/mol. The van der Waals surface area contributed by atoms with Crippen LogP contribution in [0.15, 0.2) is 47.4 Å². The molecule has 2 aromatic carbocycles. The Morgan fingerprint density at radius 2 is 1.64 bits per heavy atom. The average molecular weight is 432 g/mol. The van der Waals surface area contributed by atoms with Crippen LogP contribution < -0.4 is 4.18 Å². The van der Waals surface area contributed by atoms with Crippen LogP contribution in [-0.4, -0.2) is 19.7 Å². The lowest BCUT2D eigenvalue weighted by atomic mass is 10.2. The number of rotatable bonds is 6. The molecule has 0 aliphatic carbocycles. The van der Waals surface area contributed by atoms with Crippen molar-refractivity contribution in [2.45, 2.75) is 30.2 Å². The van der Waals surface area contributed by atoms with Crippen LogP contribution in [-0.2, 0) is 10.1 Å². The summed E-state index contributed by atoms with van der Waals surface area (Å²) in [5.74, 6) is 4.20. The number of thioether (sulfide) groups is 1. The zero-order chi connectivity index (χ0) is 20.8. The maximum atomic E-state index is 13.9. The molecule has 0 fully saturated rings. The van der Waals surface area contributed by atoms with Gasteiger partial charge in [-0.2, -0.15) is 21.6 Å². The Bertz CT molecular complexity index is 973. The fraction of sp³-hybridized carbons (Fsp3) is 0.263. The third-order valence-corrected chi connectivity index (χ3v) is 5.45. The molecule has 9 heteroatoms. The molecule has 0 saturated carbocycles. The lowest BCUT2D eigenvalue weighted by Gasteiger charge is -2.09. The second-order valence-electron chi connectivity index (χ2n) is 5.60. The predicted octanol–water partition coefficient (Wildman–Crippen LogP) is 5.35. The minimum Gasteiger partial charge on any atom is -0.373 e. The van der Waals surface area contributed by atoms with Crippen molar-refractivity contribution in [2.24, 2.45) is 0 Å². The monoisotopic (exact) mass is 432 g/mol. The van der Waals surface area contributed by atoms with E-state index in [-0.39, 0.29) is 5.56 Å². The third-order valence-electron chi connectivity index (χ3n) is 3.39. The first-order valence-electron chi connectivity index (χ1n) is 8.17. The summed E-state index contributed by atoms with van der Waals surface area (Å²) in [6.07, 6.45) is 2.25. The molecule has 0 aliphatic heterocycles. The van der Waals surface area contributed by atoms with Gasteiger partial charge in [0.25, 0.3) is 0 Å². The van der Waals surface area contributed by atoms with Gasteiger partial charge in [-0.3, -0.25) is 0 Å². The molecule has 0 atom stereocenters. The zero-order valence-electron chi connectivity index (χ0n) is 14.7. The Morgan fingerprint density at radius 1 is 1.04 bits per heavy atom. The summed E-state index contributed by atoms with van der Waals surface area (Å²) in [4.78, 5) is 1.11. The Kier molecular flexibility index (Phi) is 7.38. The third kappa shape index (κ3) is 6.17. The highest BCUT2D eigenvalue weighted by atomic mass is 32.2. The van der Waals surface area contributed by atoms with Crippen LogP contribution in [0.2, 0.25) is 0 Å². The van der Waals surface area contributed by atoms with Gasteiger partial charge in [-0.1, -0.05) is 25.2 Å². The smallest absolute Gasteiger partial charge is 0.373 e. The van der Waals surface area contributed by atoms with Crippen LogP contribution in [0.5, 0.6) is 5.75 Å². The topological polar surface area (TPSA) is 43.4 Å². The van der Waals surface area contributed by atoms with Gasteiger partial charge in [0.2, 0.25) is 0 Å². The van der Waals surface area contributed by atoms with E-state index in [1.165, 1.54) is 6.07 Å². The molecule has 0 heterocycles. The number of benzene rings is 2. The molecule has 0 unspecified atom stereocenters. The van der Waals surface area contributed by atoms with Crippen LogP contribution in [0.25, 0.3) is 0 Å². The van der Waals surface area contributed by atoms with E-state index < -0.39 is 27.2 Å². The number of alkyl halides is 3. The van der Waals surface area contributed by atoms with Crippen molar-refractivity contribution in [3.05, 3.63) is 59.4 Å². The normalized spacial score (nSPS) is 11.6. The number of hydrogen-bond donors (Lipinski definition) is 0. The van der Waals surface area contributed by atoms with Crippen LogP contribution in [0.3, 0.4) is 0 Å². The minimum atomic E-state index is -5.93. The molecule has 28 heavy (non-hydrogen) atoms. The van der Waals surface area contributed by atoms with E-state index in [2.05, 4.69) is 22.9 Å². The SMILES string of the molecule is CCCCSc1ccc(C#Cc2ccc(OS(=O)(=O)C(F)(F)F)c(F)c2)cc1. The molecule has 0 bridgehead atoms. The van der Waals surface area contributed by atoms with Crippen LogP contribution in [0.4, 0.5) is 17.6 Å². The molecular weight excluding hydrogens is 416 g/mol.